The van der Waals surface area contributed by atoms with E-state index in [1.165, 1.54) is 113 Å². The third-order valence-corrected chi connectivity index (χ3v) is 15.2. The van der Waals surface area contributed by atoms with Crippen LogP contribution in [0, 0.1) is 13.8 Å². The fraction of sp³-hybridized carbons (Fsp3) is 0.129. The lowest BCUT2D eigenvalue weighted by Gasteiger charge is -2.40. The molecule has 0 unspecified atom stereocenters. The van der Waals surface area contributed by atoms with Crippen LogP contribution >= 0.6 is 0 Å². The predicted octanol–water partition coefficient (Wildman–Crippen LogP) is 17.4. The molecule has 13 rings (SSSR count). The van der Waals surface area contributed by atoms with Gasteiger partial charge in [0.05, 0.1) is 45.5 Å². The normalized spacial score (nSPS) is 15.2. The average Bonchev–Trinajstić information content (AvgIpc) is 3.73. The highest BCUT2D eigenvalue weighted by molar-refractivity contribution is 6.04. The van der Waals surface area contributed by atoms with Gasteiger partial charge in [0.25, 0.3) is 0 Å². The van der Waals surface area contributed by atoms with Crippen LogP contribution in [-0.2, 0) is 10.8 Å². The van der Waals surface area contributed by atoms with E-state index in [1.54, 1.807) is 0 Å². The number of hydrogen-bond acceptors (Lipinski definition) is 4. The Morgan fingerprint density at radius 1 is 0.288 bits per heavy atom. The molecule has 0 aromatic heterocycles. The summed E-state index contributed by atoms with van der Waals surface area (Å²) in [5, 5.41) is 0. The number of fused-ring (bicyclic) bond motifs is 11. The van der Waals surface area contributed by atoms with Crippen LogP contribution in [0.3, 0.4) is 0 Å². The number of anilines is 12. The van der Waals surface area contributed by atoms with Crippen LogP contribution in [-0.4, -0.2) is 0 Å². The van der Waals surface area contributed by atoms with Gasteiger partial charge in [-0.15, -0.1) is 0 Å². The number of benzene rings is 9. The second kappa shape index (κ2) is 13.8. The SMILES string of the molecule is Cc1c(C)c2c(c3c1-c1ccc(N4c5ccccc5N(c5ccccc5)c5ccccc54)cc1C3(C)C)C(C)(C)c1cc(N3c4ccccc4N(c4ccccc4)c4ccccc43)ccc1-2. The summed E-state index contributed by atoms with van der Waals surface area (Å²) in [7, 11) is 0. The zero-order valence-corrected chi connectivity index (χ0v) is 38.3. The highest BCUT2D eigenvalue weighted by Gasteiger charge is 2.48. The van der Waals surface area contributed by atoms with Gasteiger partial charge < -0.3 is 19.6 Å². The van der Waals surface area contributed by atoms with Crippen molar-refractivity contribution in [3.8, 4) is 22.3 Å². The molecule has 0 bridgehead atoms. The summed E-state index contributed by atoms with van der Waals surface area (Å²) in [6, 6.07) is 71.4. The van der Waals surface area contributed by atoms with Crippen LogP contribution in [0.1, 0.15) is 61.1 Å². The third-order valence-electron chi connectivity index (χ3n) is 15.2. The Hall–Kier alpha value is -7.82. The van der Waals surface area contributed by atoms with Crippen molar-refractivity contribution in [2.24, 2.45) is 0 Å². The zero-order valence-electron chi connectivity index (χ0n) is 38.3. The number of hydrogen-bond donors (Lipinski definition) is 0. The van der Waals surface area contributed by atoms with Gasteiger partial charge in [-0.2, -0.15) is 0 Å². The van der Waals surface area contributed by atoms with Crippen molar-refractivity contribution in [1.29, 1.82) is 0 Å². The largest absolute Gasteiger partial charge is 0.306 e. The Labute approximate surface area is 388 Å². The van der Waals surface area contributed by atoms with Crippen LogP contribution in [0.15, 0.2) is 194 Å². The summed E-state index contributed by atoms with van der Waals surface area (Å²) in [5.74, 6) is 0. The van der Waals surface area contributed by atoms with Crippen molar-refractivity contribution in [3.63, 3.8) is 0 Å². The molecule has 2 heterocycles. The Balaban J connectivity index is 0.943. The summed E-state index contributed by atoms with van der Waals surface area (Å²) < 4.78 is 0. The topological polar surface area (TPSA) is 13.0 Å². The Morgan fingerprint density at radius 2 is 0.545 bits per heavy atom. The molecular weight excluding hydrogens is 801 g/mol. The molecule has 0 atom stereocenters. The zero-order chi connectivity index (χ0) is 44.6. The second-order valence-corrected chi connectivity index (χ2v) is 19.4. The van der Waals surface area contributed by atoms with E-state index in [0.717, 1.165) is 11.4 Å². The highest BCUT2D eigenvalue weighted by Crippen LogP contribution is 2.64. The van der Waals surface area contributed by atoms with Crippen LogP contribution < -0.4 is 19.6 Å². The van der Waals surface area contributed by atoms with Crippen molar-refractivity contribution in [2.45, 2.75) is 52.4 Å². The minimum Gasteiger partial charge on any atom is -0.306 e. The number of nitrogens with zero attached hydrogens (tertiary/aromatic N) is 4. The van der Waals surface area contributed by atoms with Gasteiger partial charge in [-0.05, 0) is 167 Å². The van der Waals surface area contributed by atoms with Crippen LogP contribution in [0.2, 0.25) is 0 Å². The first-order valence-corrected chi connectivity index (χ1v) is 23.3. The minimum absolute atomic E-state index is 0.262. The van der Waals surface area contributed by atoms with Crippen molar-refractivity contribution < 1.29 is 0 Å². The van der Waals surface area contributed by atoms with Crippen molar-refractivity contribution in [3.05, 3.63) is 228 Å². The maximum absolute atomic E-state index is 2.50. The molecule has 4 aliphatic rings. The molecule has 0 fully saturated rings. The molecule has 0 spiro atoms. The molecule has 0 amide bonds. The molecule has 4 nitrogen and oxygen atoms in total. The molecule has 4 heteroatoms. The quantitative estimate of drug-likeness (QED) is 0.175. The monoisotopic (exact) mass is 850 g/mol. The molecule has 0 saturated heterocycles. The van der Waals surface area contributed by atoms with Gasteiger partial charge in [-0.25, -0.2) is 0 Å². The summed E-state index contributed by atoms with van der Waals surface area (Å²) in [5.41, 5.74) is 27.4. The van der Waals surface area contributed by atoms with Gasteiger partial charge >= 0.3 is 0 Å². The van der Waals surface area contributed by atoms with Gasteiger partial charge in [0, 0.05) is 33.6 Å². The molecule has 0 radical (unpaired) electrons. The van der Waals surface area contributed by atoms with E-state index in [9.17, 15) is 0 Å². The summed E-state index contributed by atoms with van der Waals surface area (Å²) in [6.07, 6.45) is 0. The number of rotatable bonds is 4. The molecule has 9 aromatic carbocycles. The van der Waals surface area contributed by atoms with E-state index in [1.807, 2.05) is 0 Å². The fourth-order valence-electron chi connectivity index (χ4n) is 12.2. The van der Waals surface area contributed by atoms with Gasteiger partial charge in [0.1, 0.15) is 0 Å². The second-order valence-electron chi connectivity index (χ2n) is 19.4. The van der Waals surface area contributed by atoms with Crippen molar-refractivity contribution in [2.75, 3.05) is 19.6 Å². The van der Waals surface area contributed by atoms with Crippen LogP contribution in [0.4, 0.5) is 68.2 Å². The van der Waals surface area contributed by atoms with E-state index in [2.05, 4.69) is 255 Å². The summed E-state index contributed by atoms with van der Waals surface area (Å²) in [4.78, 5) is 9.75. The van der Waals surface area contributed by atoms with Gasteiger partial charge in [0.2, 0.25) is 0 Å². The smallest absolute Gasteiger partial charge is 0.0703 e. The van der Waals surface area contributed by atoms with E-state index < -0.39 is 0 Å². The molecule has 0 N–H and O–H groups in total. The Bertz CT molecular complexity index is 3150. The fourth-order valence-corrected chi connectivity index (χ4v) is 12.2. The molecule has 0 saturated carbocycles. The van der Waals surface area contributed by atoms with Crippen molar-refractivity contribution in [1.82, 2.24) is 0 Å². The minimum atomic E-state index is -0.262. The highest BCUT2D eigenvalue weighted by atomic mass is 15.3. The van der Waals surface area contributed by atoms with E-state index >= 15 is 0 Å². The van der Waals surface area contributed by atoms with Crippen molar-refractivity contribution >= 4 is 68.2 Å². The predicted molar refractivity (Wildman–Crippen MR) is 277 cm³/mol. The summed E-state index contributed by atoms with van der Waals surface area (Å²) in [6.45, 7) is 14.6. The maximum Gasteiger partial charge on any atom is 0.0703 e. The Morgan fingerprint density at radius 3 is 0.833 bits per heavy atom. The van der Waals surface area contributed by atoms with Gasteiger partial charge in [0.15, 0.2) is 0 Å². The Kier molecular flexibility index (Phi) is 8.10. The molecular formula is C62H50N4. The third kappa shape index (κ3) is 5.15. The van der Waals surface area contributed by atoms with E-state index in [4.69, 9.17) is 0 Å². The first kappa shape index (κ1) is 38.6. The lowest BCUT2D eigenvalue weighted by molar-refractivity contribution is 0.600. The molecule has 9 aromatic rings. The van der Waals surface area contributed by atoms with Gasteiger partial charge in [-0.3, -0.25) is 0 Å². The lowest BCUT2D eigenvalue weighted by Crippen LogP contribution is -2.26. The molecule has 66 heavy (non-hydrogen) atoms. The maximum atomic E-state index is 2.50. The summed E-state index contributed by atoms with van der Waals surface area (Å²) >= 11 is 0. The lowest BCUT2D eigenvalue weighted by atomic mass is 9.71. The van der Waals surface area contributed by atoms with E-state index in [-0.39, 0.29) is 10.8 Å². The molecule has 318 valence electrons. The molecule has 2 aliphatic heterocycles. The first-order chi connectivity index (χ1) is 32.1. The van der Waals surface area contributed by atoms with E-state index in [0.29, 0.717) is 0 Å². The first-order valence-electron chi connectivity index (χ1n) is 23.3. The van der Waals surface area contributed by atoms with Crippen LogP contribution in [0.25, 0.3) is 22.3 Å². The number of para-hydroxylation sites is 10. The van der Waals surface area contributed by atoms with Gasteiger partial charge in [-0.1, -0.05) is 125 Å². The standard InChI is InChI=1S/C62H50N4/c1-39-40(2)58-46-36-34-44(66-55-31-19-15-27-51(55)64(42-23-11-8-12-24-42)52-28-16-20-32-56(52)66)38-48(46)62(5,6)60(58)59-57(39)45-35-33-43(37-47(45)61(59,3)4)65-53-29-17-13-25-49(53)63(41-21-9-7-10-22-41)50-26-14-18-30-54(50)65/h7-38H,1-6H3. The average molecular weight is 851 g/mol. The molecule has 2 aliphatic carbocycles. The van der Waals surface area contributed by atoms with Crippen LogP contribution in [0.5, 0.6) is 0 Å².